The highest BCUT2D eigenvalue weighted by atomic mass is 35.5. The summed E-state index contributed by atoms with van der Waals surface area (Å²) in [5.41, 5.74) is -0.172. The van der Waals surface area contributed by atoms with Crippen molar-refractivity contribution in [3.05, 3.63) is 86.4 Å². The molecule has 17 heteroatoms. The van der Waals surface area contributed by atoms with Crippen molar-refractivity contribution in [2.75, 3.05) is 34.3 Å². The number of amides is 1. The van der Waals surface area contributed by atoms with E-state index in [0.717, 1.165) is 29.7 Å². The number of rotatable bonds is 9. The number of sulfonamides is 1. The van der Waals surface area contributed by atoms with E-state index in [1.54, 1.807) is 6.92 Å². The number of anilines is 3. The van der Waals surface area contributed by atoms with Crippen molar-refractivity contribution < 1.29 is 44.3 Å². The monoisotopic (exact) mass is 704 g/mol. The molecule has 1 aliphatic rings. The average molecular weight is 705 g/mol. The molecule has 2 aromatic carbocycles. The summed E-state index contributed by atoms with van der Waals surface area (Å²) >= 11 is 7.16. The van der Waals surface area contributed by atoms with Crippen molar-refractivity contribution in [1.29, 1.82) is 0 Å². The first-order valence-corrected chi connectivity index (χ1v) is 16.3. The van der Waals surface area contributed by atoms with Gasteiger partial charge in [0, 0.05) is 27.2 Å². The smallest absolute Gasteiger partial charge is 0.416 e. The number of nitrogens with one attached hydrogen (secondary N) is 2. The van der Waals surface area contributed by atoms with Gasteiger partial charge in [0.2, 0.25) is 10.0 Å². The Hall–Kier alpha value is -4.02. The Morgan fingerprint density at radius 2 is 1.78 bits per heavy atom. The minimum atomic E-state index is -4.80. The quantitative estimate of drug-likeness (QED) is 0.174. The Balaban J connectivity index is 1.44. The third-order valence-corrected chi connectivity index (χ3v) is 8.46. The summed E-state index contributed by atoms with van der Waals surface area (Å²) in [5.74, 6) is -4.59. The maximum Gasteiger partial charge on any atom is 0.416 e. The summed E-state index contributed by atoms with van der Waals surface area (Å²) in [6.45, 7) is 0.0319. The number of thiophene rings is 1. The van der Waals surface area contributed by atoms with Crippen molar-refractivity contribution >= 4 is 55.9 Å². The van der Waals surface area contributed by atoms with Gasteiger partial charge in [-0.3, -0.25) is 14.5 Å². The summed E-state index contributed by atoms with van der Waals surface area (Å²) < 4.78 is 112. The molecular formula is C29H23ClF6N4O4S2. The van der Waals surface area contributed by atoms with Crippen LogP contribution in [0.4, 0.5) is 43.4 Å². The van der Waals surface area contributed by atoms with E-state index in [1.807, 2.05) is 0 Å². The Morgan fingerprint density at radius 1 is 1.09 bits per heavy atom. The second-order valence-electron chi connectivity index (χ2n) is 10.5. The highest BCUT2D eigenvalue weighted by Crippen LogP contribution is 2.40. The van der Waals surface area contributed by atoms with Crippen LogP contribution < -0.4 is 19.7 Å². The zero-order valence-electron chi connectivity index (χ0n) is 23.8. The van der Waals surface area contributed by atoms with Gasteiger partial charge in [0.25, 0.3) is 11.8 Å². The molecule has 0 atom stereocenters. The number of carbonyl (C=O) groups excluding carboxylic acids is 1. The zero-order valence-corrected chi connectivity index (χ0v) is 26.2. The van der Waals surface area contributed by atoms with Crippen LogP contribution in [0.2, 0.25) is 5.02 Å². The van der Waals surface area contributed by atoms with Crippen molar-refractivity contribution in [3.8, 4) is 17.0 Å². The predicted octanol–water partition coefficient (Wildman–Crippen LogP) is 7.59. The SMILES string of the molecule is Cc1sc(C(=O)Nc2cc(Cl)cc(NS(C)(=O)=O)c2)cc1-c1ncc(N2CC(F)(F)C2)cc1OCc1cc(F)cc(C(F)(F)F)c1. The molecule has 2 N–H and O–H groups in total. The number of pyridine rings is 1. The van der Waals surface area contributed by atoms with Crippen molar-refractivity contribution in [2.45, 2.75) is 25.6 Å². The minimum absolute atomic E-state index is 0.00438. The molecule has 1 fully saturated rings. The maximum atomic E-state index is 14.0. The number of halogens is 7. The van der Waals surface area contributed by atoms with E-state index in [4.69, 9.17) is 16.3 Å². The van der Waals surface area contributed by atoms with Crippen molar-refractivity contribution in [1.82, 2.24) is 4.98 Å². The van der Waals surface area contributed by atoms with Gasteiger partial charge in [-0.25, -0.2) is 21.6 Å². The summed E-state index contributed by atoms with van der Waals surface area (Å²) in [6.07, 6.45) is -2.51. The number of alkyl halides is 5. The fraction of sp³-hybridized carbons (Fsp3) is 0.241. The van der Waals surface area contributed by atoms with E-state index in [1.165, 1.54) is 41.4 Å². The molecule has 0 radical (unpaired) electrons. The van der Waals surface area contributed by atoms with Crippen LogP contribution in [0.1, 0.15) is 25.7 Å². The minimum Gasteiger partial charge on any atom is -0.487 e. The van der Waals surface area contributed by atoms with Crippen molar-refractivity contribution in [2.24, 2.45) is 0 Å². The van der Waals surface area contributed by atoms with E-state index < -0.39 is 59.1 Å². The number of hydrogen-bond acceptors (Lipinski definition) is 7. The topological polar surface area (TPSA) is 101 Å². The van der Waals surface area contributed by atoms with Crippen LogP contribution >= 0.6 is 22.9 Å². The number of nitrogens with zero attached hydrogens (tertiary/aromatic N) is 2. The molecular weight excluding hydrogens is 682 g/mol. The fourth-order valence-corrected chi connectivity index (χ4v) is 6.33. The molecule has 3 heterocycles. The first kappa shape index (κ1) is 33.3. The van der Waals surface area contributed by atoms with Gasteiger partial charge in [0.15, 0.2) is 0 Å². The molecule has 0 saturated carbocycles. The summed E-state index contributed by atoms with van der Waals surface area (Å²) in [6, 6.07) is 9.01. The van der Waals surface area contributed by atoms with Gasteiger partial charge >= 0.3 is 6.18 Å². The standard InChI is InChI=1S/C29H23ClF6N4O4S2/c1-15-23(10-25(45-15)27(41)38-20-6-18(30)7-21(8-20)39-46(2,42)43)26-24(9-22(11-37-26)40-13-28(32,33)14-40)44-12-16-3-17(29(34,35)36)5-19(31)4-16/h3-11,39H,12-14H2,1-2H3,(H,38,41). The molecule has 2 aromatic heterocycles. The van der Waals surface area contributed by atoms with E-state index in [0.29, 0.717) is 16.5 Å². The Bertz CT molecular complexity index is 1930. The highest BCUT2D eigenvalue weighted by molar-refractivity contribution is 7.92. The number of benzene rings is 2. The number of hydrogen-bond donors (Lipinski definition) is 2. The van der Waals surface area contributed by atoms with Crippen LogP contribution in [-0.2, 0) is 22.8 Å². The lowest BCUT2D eigenvalue weighted by Crippen LogP contribution is -2.56. The second kappa shape index (κ2) is 12.3. The number of aromatic nitrogens is 1. The Morgan fingerprint density at radius 3 is 2.43 bits per heavy atom. The number of ether oxygens (including phenoxy) is 1. The Labute approximate surface area is 268 Å². The molecule has 1 saturated heterocycles. The third-order valence-electron chi connectivity index (χ3n) is 6.58. The van der Waals surface area contributed by atoms with Crippen LogP contribution in [0, 0.1) is 12.7 Å². The van der Waals surface area contributed by atoms with Crippen LogP contribution in [0.15, 0.2) is 54.7 Å². The maximum absolute atomic E-state index is 14.0. The molecule has 1 amide bonds. The van der Waals surface area contributed by atoms with Crippen LogP contribution in [0.5, 0.6) is 5.75 Å². The molecule has 5 rings (SSSR count). The van der Waals surface area contributed by atoms with Gasteiger partial charge in [-0.1, -0.05) is 11.6 Å². The van der Waals surface area contributed by atoms with E-state index in [-0.39, 0.29) is 44.0 Å². The van der Waals surface area contributed by atoms with Crippen molar-refractivity contribution in [3.63, 3.8) is 0 Å². The van der Waals surface area contributed by atoms with Crippen LogP contribution in [-0.4, -0.2) is 44.6 Å². The van der Waals surface area contributed by atoms with Crippen LogP contribution in [0.25, 0.3) is 11.3 Å². The van der Waals surface area contributed by atoms with Crippen LogP contribution in [0.3, 0.4) is 0 Å². The third kappa shape index (κ3) is 8.03. The van der Waals surface area contributed by atoms with Gasteiger partial charge in [-0.15, -0.1) is 11.3 Å². The number of carbonyl (C=O) groups is 1. The van der Waals surface area contributed by atoms with Gasteiger partial charge in [0.05, 0.1) is 47.4 Å². The summed E-state index contributed by atoms with van der Waals surface area (Å²) in [5, 5.41) is 2.80. The van der Waals surface area contributed by atoms with E-state index >= 15 is 0 Å². The first-order chi connectivity index (χ1) is 21.3. The van der Waals surface area contributed by atoms with E-state index in [2.05, 4.69) is 15.0 Å². The highest BCUT2D eigenvalue weighted by Gasteiger charge is 2.44. The second-order valence-corrected chi connectivity index (χ2v) is 14.0. The largest absolute Gasteiger partial charge is 0.487 e. The Kier molecular flexibility index (Phi) is 8.92. The normalized spacial score (nSPS) is 14.5. The first-order valence-electron chi connectivity index (χ1n) is 13.2. The molecule has 4 aromatic rings. The molecule has 0 aliphatic carbocycles. The fourth-order valence-electron chi connectivity index (χ4n) is 4.63. The van der Waals surface area contributed by atoms with Gasteiger partial charge in [-0.2, -0.15) is 13.2 Å². The summed E-state index contributed by atoms with van der Waals surface area (Å²) in [4.78, 5) is 19.7. The molecule has 244 valence electrons. The molecule has 46 heavy (non-hydrogen) atoms. The predicted molar refractivity (Wildman–Crippen MR) is 163 cm³/mol. The van der Waals surface area contributed by atoms with Gasteiger partial charge < -0.3 is 15.0 Å². The lowest BCUT2D eigenvalue weighted by atomic mass is 10.1. The molecule has 0 unspecified atom stereocenters. The average Bonchev–Trinajstić information content (AvgIpc) is 3.29. The molecule has 8 nitrogen and oxygen atoms in total. The van der Waals surface area contributed by atoms with Gasteiger partial charge in [0.1, 0.15) is 23.9 Å². The molecule has 0 spiro atoms. The lowest BCUT2D eigenvalue weighted by Gasteiger charge is -2.40. The van der Waals surface area contributed by atoms with E-state index in [9.17, 15) is 39.6 Å². The lowest BCUT2D eigenvalue weighted by molar-refractivity contribution is -0.137. The van der Waals surface area contributed by atoms with Gasteiger partial charge in [-0.05, 0) is 55.0 Å². The molecule has 0 bridgehead atoms. The zero-order chi connectivity index (χ0) is 33.6. The number of aryl methyl sites for hydroxylation is 1. The molecule has 1 aliphatic heterocycles. The summed E-state index contributed by atoms with van der Waals surface area (Å²) in [7, 11) is -3.62.